The van der Waals surface area contributed by atoms with Crippen molar-refractivity contribution in [3.8, 4) is 5.75 Å². The minimum Gasteiger partial charge on any atom is -0.493 e. The Hall–Kier alpha value is -1.96. The third kappa shape index (κ3) is 5.80. The predicted octanol–water partition coefficient (Wildman–Crippen LogP) is 3.81. The van der Waals surface area contributed by atoms with E-state index in [0.717, 1.165) is 68.6 Å². The van der Waals surface area contributed by atoms with Crippen LogP contribution in [-0.2, 0) is 21.2 Å². The van der Waals surface area contributed by atoms with Crippen LogP contribution in [0, 0.1) is 5.92 Å². The molecule has 2 heterocycles. The first-order chi connectivity index (χ1) is 14.3. The van der Waals surface area contributed by atoms with Gasteiger partial charge in [0, 0.05) is 25.2 Å². The lowest BCUT2D eigenvalue weighted by molar-refractivity contribution is 0.0643. The van der Waals surface area contributed by atoms with E-state index in [-0.39, 0.29) is 12.2 Å². The Morgan fingerprint density at radius 3 is 2.60 bits per heavy atom. The highest BCUT2D eigenvalue weighted by molar-refractivity contribution is 7.92. The summed E-state index contributed by atoms with van der Waals surface area (Å²) in [5.41, 5.74) is 1.74. The van der Waals surface area contributed by atoms with Crippen LogP contribution in [0.5, 0.6) is 5.75 Å². The number of amides is 1. The third-order valence-corrected chi connectivity index (χ3v) is 6.97. The molecule has 0 aromatic heterocycles. The van der Waals surface area contributed by atoms with Crippen molar-refractivity contribution < 1.29 is 22.7 Å². The molecule has 1 saturated heterocycles. The van der Waals surface area contributed by atoms with Gasteiger partial charge in [0.2, 0.25) is 10.0 Å². The van der Waals surface area contributed by atoms with E-state index in [2.05, 4.69) is 0 Å². The third-order valence-electron chi connectivity index (χ3n) is 5.79. The number of anilines is 1. The van der Waals surface area contributed by atoms with Crippen LogP contribution >= 0.6 is 0 Å². The summed E-state index contributed by atoms with van der Waals surface area (Å²) in [4.78, 5) is 13.8. The van der Waals surface area contributed by atoms with Crippen molar-refractivity contribution in [1.29, 1.82) is 0 Å². The standard InChI is InChI=1S/C22H34N2O5S/c1-17(2)29-22(25)23-14-11-18(12-15-23)7-6-16-28-21-10-4-9-20-19(21)8-5-13-24(20)30(3,26)27/h4,9-10,17-18H,5-8,11-16H2,1-3H3. The molecule has 0 unspecified atom stereocenters. The van der Waals surface area contributed by atoms with Crippen molar-refractivity contribution in [2.24, 2.45) is 5.92 Å². The number of sulfonamides is 1. The highest BCUT2D eigenvalue weighted by Gasteiger charge is 2.26. The highest BCUT2D eigenvalue weighted by Crippen LogP contribution is 2.35. The molecule has 2 aliphatic rings. The van der Waals surface area contributed by atoms with Gasteiger partial charge in [0.15, 0.2) is 0 Å². The van der Waals surface area contributed by atoms with Crippen LogP contribution in [0.15, 0.2) is 18.2 Å². The van der Waals surface area contributed by atoms with Gasteiger partial charge in [-0.1, -0.05) is 6.07 Å². The van der Waals surface area contributed by atoms with E-state index in [1.807, 2.05) is 32.0 Å². The number of carbonyl (C=O) groups excluding carboxylic acids is 1. The molecular weight excluding hydrogens is 404 g/mol. The topological polar surface area (TPSA) is 76.2 Å². The molecule has 0 saturated carbocycles. The molecule has 0 N–H and O–H groups in total. The van der Waals surface area contributed by atoms with E-state index in [4.69, 9.17) is 9.47 Å². The zero-order valence-electron chi connectivity index (χ0n) is 18.3. The molecule has 8 heteroatoms. The molecule has 0 bridgehead atoms. The van der Waals surface area contributed by atoms with Crippen LogP contribution in [0.1, 0.15) is 51.5 Å². The normalized spacial score (nSPS) is 17.7. The molecular formula is C22H34N2O5S. The van der Waals surface area contributed by atoms with Crippen LogP contribution in [0.2, 0.25) is 0 Å². The lowest BCUT2D eigenvalue weighted by Crippen LogP contribution is -2.39. The molecule has 1 aromatic carbocycles. The fraction of sp³-hybridized carbons (Fsp3) is 0.682. The van der Waals surface area contributed by atoms with Gasteiger partial charge in [0.25, 0.3) is 0 Å². The zero-order valence-corrected chi connectivity index (χ0v) is 19.1. The minimum absolute atomic E-state index is 0.0828. The van der Waals surface area contributed by atoms with Gasteiger partial charge in [-0.2, -0.15) is 0 Å². The first kappa shape index (κ1) is 22.7. The molecule has 168 valence electrons. The summed E-state index contributed by atoms with van der Waals surface area (Å²) in [6.07, 6.45) is 6.61. The van der Waals surface area contributed by atoms with E-state index in [1.165, 1.54) is 10.6 Å². The first-order valence-corrected chi connectivity index (χ1v) is 12.8. The van der Waals surface area contributed by atoms with Crippen LogP contribution in [0.25, 0.3) is 0 Å². The van der Waals surface area contributed by atoms with Crippen molar-refractivity contribution >= 4 is 21.8 Å². The fourth-order valence-electron chi connectivity index (χ4n) is 4.27. The fourth-order valence-corrected chi connectivity index (χ4v) is 5.26. The number of fused-ring (bicyclic) bond motifs is 1. The Morgan fingerprint density at radius 1 is 1.20 bits per heavy atom. The summed E-state index contributed by atoms with van der Waals surface area (Å²) >= 11 is 0. The Labute approximate surface area is 180 Å². The Kier molecular flexibility index (Phi) is 7.50. The molecule has 1 fully saturated rings. The molecule has 0 radical (unpaired) electrons. The number of piperidine rings is 1. The summed E-state index contributed by atoms with van der Waals surface area (Å²) in [6.45, 7) is 6.39. The van der Waals surface area contributed by atoms with Gasteiger partial charge in [-0.25, -0.2) is 13.2 Å². The monoisotopic (exact) mass is 438 g/mol. The number of rotatable bonds is 7. The summed E-state index contributed by atoms with van der Waals surface area (Å²) in [7, 11) is -3.27. The molecule has 0 atom stereocenters. The Bertz CT molecular complexity index is 832. The summed E-state index contributed by atoms with van der Waals surface area (Å²) in [6, 6.07) is 5.66. The SMILES string of the molecule is CC(C)OC(=O)N1CCC(CCCOc2cccc3c2CCCN3S(C)(=O)=O)CC1. The van der Waals surface area contributed by atoms with Gasteiger partial charge in [-0.05, 0) is 70.4 Å². The largest absolute Gasteiger partial charge is 0.493 e. The van der Waals surface area contributed by atoms with Gasteiger partial charge in [-0.15, -0.1) is 0 Å². The second-order valence-corrected chi connectivity index (χ2v) is 10.5. The Balaban J connectivity index is 1.45. The van der Waals surface area contributed by atoms with Crippen molar-refractivity contribution in [2.75, 3.05) is 36.8 Å². The van der Waals surface area contributed by atoms with Gasteiger partial charge in [0.1, 0.15) is 5.75 Å². The van der Waals surface area contributed by atoms with Crippen molar-refractivity contribution in [3.05, 3.63) is 23.8 Å². The van der Waals surface area contributed by atoms with E-state index in [9.17, 15) is 13.2 Å². The number of benzene rings is 1. The molecule has 30 heavy (non-hydrogen) atoms. The van der Waals surface area contributed by atoms with Crippen LogP contribution in [0.4, 0.5) is 10.5 Å². The number of carbonyl (C=O) groups is 1. The quantitative estimate of drug-likeness (QED) is 0.605. The van der Waals surface area contributed by atoms with Crippen molar-refractivity contribution in [3.63, 3.8) is 0 Å². The maximum absolute atomic E-state index is 12.1. The van der Waals surface area contributed by atoms with Crippen molar-refractivity contribution in [2.45, 2.75) is 58.5 Å². The molecule has 7 nitrogen and oxygen atoms in total. The van der Waals surface area contributed by atoms with E-state index < -0.39 is 10.0 Å². The minimum atomic E-state index is -3.27. The maximum atomic E-state index is 12.1. The van der Waals surface area contributed by atoms with Crippen molar-refractivity contribution in [1.82, 2.24) is 4.90 Å². The van der Waals surface area contributed by atoms with Crippen LogP contribution in [0.3, 0.4) is 0 Å². The van der Waals surface area contributed by atoms with Gasteiger partial charge >= 0.3 is 6.09 Å². The maximum Gasteiger partial charge on any atom is 0.410 e. The van der Waals surface area contributed by atoms with Crippen LogP contribution < -0.4 is 9.04 Å². The summed E-state index contributed by atoms with van der Waals surface area (Å²) in [5.74, 6) is 1.40. The molecule has 2 aliphatic heterocycles. The highest BCUT2D eigenvalue weighted by atomic mass is 32.2. The van der Waals surface area contributed by atoms with E-state index in [0.29, 0.717) is 19.1 Å². The lowest BCUT2D eigenvalue weighted by Gasteiger charge is -2.32. The number of likely N-dealkylation sites (tertiary alicyclic amines) is 1. The molecule has 1 aromatic rings. The lowest BCUT2D eigenvalue weighted by atomic mass is 9.92. The van der Waals surface area contributed by atoms with E-state index >= 15 is 0 Å². The summed E-state index contributed by atoms with van der Waals surface area (Å²) < 4.78 is 36.9. The number of nitrogens with zero attached hydrogens (tertiary/aromatic N) is 2. The summed E-state index contributed by atoms with van der Waals surface area (Å²) in [5, 5.41) is 0. The van der Waals surface area contributed by atoms with Gasteiger partial charge < -0.3 is 14.4 Å². The zero-order chi connectivity index (χ0) is 21.7. The predicted molar refractivity (Wildman–Crippen MR) is 118 cm³/mol. The second-order valence-electron chi connectivity index (χ2n) is 8.55. The first-order valence-electron chi connectivity index (χ1n) is 10.9. The molecule has 0 spiro atoms. The number of hydrogen-bond acceptors (Lipinski definition) is 5. The number of hydrogen-bond donors (Lipinski definition) is 0. The average Bonchev–Trinajstić information content (AvgIpc) is 2.70. The number of ether oxygens (including phenoxy) is 2. The molecule has 1 amide bonds. The molecule has 0 aliphatic carbocycles. The van der Waals surface area contributed by atoms with Gasteiger partial charge in [-0.3, -0.25) is 4.31 Å². The second kappa shape index (κ2) is 9.90. The smallest absolute Gasteiger partial charge is 0.410 e. The Morgan fingerprint density at radius 2 is 1.93 bits per heavy atom. The van der Waals surface area contributed by atoms with E-state index in [1.54, 1.807) is 4.90 Å². The van der Waals surface area contributed by atoms with Crippen LogP contribution in [-0.4, -0.2) is 58.0 Å². The average molecular weight is 439 g/mol. The van der Waals surface area contributed by atoms with Gasteiger partial charge in [0.05, 0.1) is 24.7 Å². The molecule has 3 rings (SSSR count).